The number of rotatable bonds is 4. The third-order valence-electron chi connectivity index (χ3n) is 3.66. The molecule has 0 unspecified atom stereocenters. The predicted octanol–water partition coefficient (Wildman–Crippen LogP) is 3.46. The van der Waals surface area contributed by atoms with Crippen LogP contribution in [0.25, 0.3) is 5.57 Å². The van der Waals surface area contributed by atoms with Gasteiger partial charge >= 0.3 is 5.91 Å². The number of halogens is 1. The first-order valence-electron chi connectivity index (χ1n) is 7.73. The van der Waals surface area contributed by atoms with Crippen LogP contribution >= 0.6 is 0 Å². The van der Waals surface area contributed by atoms with Crippen molar-refractivity contribution in [2.24, 2.45) is 0 Å². The largest absolute Gasteiger partial charge is 0.502 e. The molecule has 6 heteroatoms. The highest BCUT2D eigenvalue weighted by molar-refractivity contribution is 6.44. The second-order valence-electron chi connectivity index (χ2n) is 5.84. The van der Waals surface area contributed by atoms with E-state index in [0.717, 1.165) is 17.0 Å². The molecular formula is C19H16FNO4. The van der Waals surface area contributed by atoms with Gasteiger partial charge in [-0.1, -0.05) is 12.1 Å². The minimum Gasteiger partial charge on any atom is -0.502 e. The van der Waals surface area contributed by atoms with Crippen LogP contribution in [0.1, 0.15) is 19.4 Å². The van der Waals surface area contributed by atoms with Crippen molar-refractivity contribution < 1.29 is 23.8 Å². The molecule has 2 aromatic rings. The van der Waals surface area contributed by atoms with Gasteiger partial charge in [0.25, 0.3) is 5.91 Å². The van der Waals surface area contributed by atoms with Crippen molar-refractivity contribution in [2.45, 2.75) is 20.0 Å². The first-order chi connectivity index (χ1) is 11.9. The second kappa shape index (κ2) is 6.39. The van der Waals surface area contributed by atoms with E-state index in [2.05, 4.69) is 0 Å². The number of hydrogen-bond acceptors (Lipinski definition) is 4. The van der Waals surface area contributed by atoms with Crippen molar-refractivity contribution >= 4 is 23.1 Å². The summed E-state index contributed by atoms with van der Waals surface area (Å²) in [4.78, 5) is 25.8. The Morgan fingerprint density at radius 3 is 2.12 bits per heavy atom. The Morgan fingerprint density at radius 1 is 0.960 bits per heavy atom. The molecule has 2 amide bonds. The lowest BCUT2D eigenvalue weighted by Crippen LogP contribution is -2.31. The molecule has 0 saturated heterocycles. The van der Waals surface area contributed by atoms with Gasteiger partial charge in [-0.3, -0.25) is 9.59 Å². The summed E-state index contributed by atoms with van der Waals surface area (Å²) in [6, 6.07) is 11.4. The standard InChI is InChI=1S/C19H16FNO4/c1-11(2)25-15-9-7-14(8-10-15)21-18(23)16(17(22)19(21)24)12-3-5-13(20)6-4-12/h3-11,22H,1-2H3. The normalized spacial score (nSPS) is 14.6. The number of nitrogens with zero attached hydrogens (tertiary/aromatic N) is 1. The zero-order chi connectivity index (χ0) is 18.1. The molecule has 1 aliphatic heterocycles. The van der Waals surface area contributed by atoms with Crippen LogP contribution in [0.4, 0.5) is 10.1 Å². The summed E-state index contributed by atoms with van der Waals surface area (Å²) in [6.45, 7) is 3.77. The molecule has 0 atom stereocenters. The molecule has 1 aliphatic rings. The van der Waals surface area contributed by atoms with Gasteiger partial charge in [-0.15, -0.1) is 0 Å². The first-order valence-corrected chi connectivity index (χ1v) is 7.73. The van der Waals surface area contributed by atoms with Crippen LogP contribution in [0.15, 0.2) is 54.3 Å². The summed E-state index contributed by atoms with van der Waals surface area (Å²) in [5, 5.41) is 10.1. The van der Waals surface area contributed by atoms with Gasteiger partial charge in [0.2, 0.25) is 0 Å². The molecule has 1 heterocycles. The predicted molar refractivity (Wildman–Crippen MR) is 90.6 cm³/mol. The number of hydrogen-bond donors (Lipinski definition) is 1. The van der Waals surface area contributed by atoms with Gasteiger partial charge in [0, 0.05) is 0 Å². The maximum Gasteiger partial charge on any atom is 0.301 e. The fourth-order valence-corrected chi connectivity index (χ4v) is 2.58. The van der Waals surface area contributed by atoms with E-state index in [1.165, 1.54) is 12.1 Å². The average molecular weight is 341 g/mol. The third kappa shape index (κ3) is 3.10. The highest BCUT2D eigenvalue weighted by Gasteiger charge is 2.40. The molecule has 0 spiro atoms. The van der Waals surface area contributed by atoms with Gasteiger partial charge in [0.15, 0.2) is 5.76 Å². The Kier molecular flexibility index (Phi) is 4.27. The summed E-state index contributed by atoms with van der Waals surface area (Å²) in [6.07, 6.45) is -0.00306. The Hall–Kier alpha value is -3.15. The molecule has 0 radical (unpaired) electrons. The fourth-order valence-electron chi connectivity index (χ4n) is 2.58. The Labute approximate surface area is 144 Å². The summed E-state index contributed by atoms with van der Waals surface area (Å²) in [5.41, 5.74) is 0.446. The summed E-state index contributed by atoms with van der Waals surface area (Å²) in [5.74, 6) is -2.00. The highest BCUT2D eigenvalue weighted by Crippen LogP contribution is 2.32. The van der Waals surface area contributed by atoms with E-state index in [1.807, 2.05) is 13.8 Å². The summed E-state index contributed by atoms with van der Waals surface area (Å²) >= 11 is 0. The molecule has 1 N–H and O–H groups in total. The van der Waals surface area contributed by atoms with Crippen molar-refractivity contribution in [2.75, 3.05) is 4.90 Å². The number of amides is 2. The van der Waals surface area contributed by atoms with Crippen LogP contribution in [-0.2, 0) is 9.59 Å². The van der Waals surface area contributed by atoms with Crippen LogP contribution in [0.5, 0.6) is 5.75 Å². The number of aliphatic hydroxyl groups excluding tert-OH is 1. The summed E-state index contributed by atoms with van der Waals surface area (Å²) < 4.78 is 18.6. The van der Waals surface area contributed by atoms with Crippen LogP contribution in [0.3, 0.4) is 0 Å². The molecule has 25 heavy (non-hydrogen) atoms. The van der Waals surface area contributed by atoms with Crippen LogP contribution in [0, 0.1) is 5.82 Å². The zero-order valence-corrected chi connectivity index (χ0v) is 13.7. The van der Waals surface area contributed by atoms with E-state index < -0.39 is 23.4 Å². The van der Waals surface area contributed by atoms with Gasteiger partial charge in [0.05, 0.1) is 17.4 Å². The first kappa shape index (κ1) is 16.7. The summed E-state index contributed by atoms with van der Waals surface area (Å²) in [7, 11) is 0. The lowest BCUT2D eigenvalue weighted by molar-refractivity contribution is -0.121. The van der Waals surface area contributed by atoms with Gasteiger partial charge < -0.3 is 9.84 Å². The molecule has 5 nitrogen and oxygen atoms in total. The van der Waals surface area contributed by atoms with Gasteiger partial charge in [-0.05, 0) is 55.8 Å². The number of carbonyl (C=O) groups excluding carboxylic acids is 2. The number of ether oxygens (including phenoxy) is 1. The second-order valence-corrected chi connectivity index (χ2v) is 5.84. The maximum atomic E-state index is 13.1. The number of imide groups is 1. The molecule has 0 saturated carbocycles. The minimum absolute atomic E-state index is 0.00306. The van der Waals surface area contributed by atoms with Gasteiger partial charge in [0.1, 0.15) is 11.6 Å². The van der Waals surface area contributed by atoms with Crippen molar-refractivity contribution in [3.05, 3.63) is 65.7 Å². The third-order valence-corrected chi connectivity index (χ3v) is 3.66. The van der Waals surface area contributed by atoms with Crippen molar-refractivity contribution in [3.8, 4) is 5.75 Å². The zero-order valence-electron chi connectivity index (χ0n) is 13.7. The smallest absolute Gasteiger partial charge is 0.301 e. The van der Waals surface area contributed by atoms with Crippen molar-refractivity contribution in [1.29, 1.82) is 0 Å². The van der Waals surface area contributed by atoms with E-state index in [4.69, 9.17) is 4.74 Å². The quantitative estimate of drug-likeness (QED) is 0.865. The molecule has 128 valence electrons. The molecule has 0 aliphatic carbocycles. The van der Waals surface area contributed by atoms with Gasteiger partial charge in [-0.2, -0.15) is 0 Å². The van der Waals surface area contributed by atoms with Crippen molar-refractivity contribution in [1.82, 2.24) is 0 Å². The minimum atomic E-state index is -0.818. The van der Waals surface area contributed by atoms with E-state index in [0.29, 0.717) is 11.4 Å². The molecule has 0 fully saturated rings. The SMILES string of the molecule is CC(C)Oc1ccc(N2C(=O)C(O)=C(c3ccc(F)cc3)C2=O)cc1. The average Bonchev–Trinajstić information content (AvgIpc) is 2.79. The lowest BCUT2D eigenvalue weighted by Gasteiger charge is -2.16. The number of anilines is 1. The number of aliphatic hydroxyl groups is 1. The van der Waals surface area contributed by atoms with E-state index >= 15 is 0 Å². The Bertz CT molecular complexity index is 854. The van der Waals surface area contributed by atoms with Crippen molar-refractivity contribution in [3.63, 3.8) is 0 Å². The van der Waals surface area contributed by atoms with E-state index in [1.54, 1.807) is 24.3 Å². The van der Waals surface area contributed by atoms with Crippen LogP contribution in [-0.4, -0.2) is 23.0 Å². The lowest BCUT2D eigenvalue weighted by atomic mass is 10.1. The molecule has 0 bridgehead atoms. The molecule has 0 aromatic heterocycles. The monoisotopic (exact) mass is 341 g/mol. The molecule has 2 aromatic carbocycles. The van der Waals surface area contributed by atoms with Gasteiger partial charge in [-0.25, -0.2) is 9.29 Å². The van der Waals surface area contributed by atoms with E-state index in [9.17, 15) is 19.1 Å². The highest BCUT2D eigenvalue weighted by atomic mass is 19.1. The Morgan fingerprint density at radius 2 is 1.56 bits per heavy atom. The molecular weight excluding hydrogens is 325 g/mol. The number of carbonyl (C=O) groups is 2. The Balaban J connectivity index is 1.91. The fraction of sp³-hybridized carbons (Fsp3) is 0.158. The van der Waals surface area contributed by atoms with E-state index in [-0.39, 0.29) is 17.2 Å². The number of benzene rings is 2. The van der Waals surface area contributed by atoms with Crippen LogP contribution in [0.2, 0.25) is 0 Å². The molecule has 3 rings (SSSR count). The maximum absolute atomic E-state index is 13.1. The van der Waals surface area contributed by atoms with Crippen LogP contribution < -0.4 is 9.64 Å². The topological polar surface area (TPSA) is 66.8 Å².